The summed E-state index contributed by atoms with van der Waals surface area (Å²) in [5.74, 6) is -0.520. The summed E-state index contributed by atoms with van der Waals surface area (Å²) < 4.78 is 31.9. The first-order valence-electron chi connectivity index (χ1n) is 10.3. The molecular weight excluding hydrogens is 392 g/mol. The smallest absolute Gasteiger partial charge is 0.220 e. The number of rotatable bonds is 8. The van der Waals surface area contributed by atoms with Crippen molar-refractivity contribution in [1.29, 1.82) is 0 Å². The number of amides is 1. The Hall–Kier alpha value is -1.77. The van der Waals surface area contributed by atoms with Crippen molar-refractivity contribution in [2.45, 2.75) is 58.2 Å². The van der Waals surface area contributed by atoms with Gasteiger partial charge in [-0.25, -0.2) is 8.42 Å². The lowest BCUT2D eigenvalue weighted by Crippen LogP contribution is -2.49. The van der Waals surface area contributed by atoms with Gasteiger partial charge in [0.2, 0.25) is 15.9 Å². The first kappa shape index (κ1) is 21.9. The molecule has 1 aliphatic carbocycles. The molecule has 1 amide bonds. The number of carbonyl (C=O) groups is 2. The second-order valence-electron chi connectivity index (χ2n) is 8.00. The summed E-state index contributed by atoms with van der Waals surface area (Å²) in [6.45, 7) is 4.38. The van der Waals surface area contributed by atoms with Gasteiger partial charge >= 0.3 is 0 Å². The van der Waals surface area contributed by atoms with Crippen molar-refractivity contribution in [3.8, 4) is 0 Å². The van der Waals surface area contributed by atoms with Gasteiger partial charge in [-0.15, -0.1) is 0 Å². The Morgan fingerprint density at radius 1 is 1.10 bits per heavy atom. The molecule has 2 aliphatic rings. The van der Waals surface area contributed by atoms with Crippen LogP contribution in [0, 0.1) is 0 Å². The second-order valence-corrected chi connectivity index (χ2v) is 10.1. The highest BCUT2D eigenvalue weighted by Crippen LogP contribution is 2.23. The molecular formula is C21H30N2O5S. The predicted octanol–water partition coefficient (Wildman–Crippen LogP) is 1.69. The molecule has 1 fully saturated rings. The van der Waals surface area contributed by atoms with Crippen LogP contribution in [0.25, 0.3) is 0 Å². The largest absolute Gasteiger partial charge is 0.373 e. The summed E-state index contributed by atoms with van der Waals surface area (Å²) in [4.78, 5) is 24.4. The maximum absolute atomic E-state index is 12.5. The van der Waals surface area contributed by atoms with Gasteiger partial charge < -0.3 is 10.1 Å². The van der Waals surface area contributed by atoms with Crippen LogP contribution >= 0.6 is 0 Å². The Bertz CT molecular complexity index is 858. The topological polar surface area (TPSA) is 92.8 Å². The number of Topliss-reactive ketones (excluding diaryl/α,β-unsaturated/α-hetero) is 1. The molecule has 160 valence electrons. The monoisotopic (exact) mass is 422 g/mol. The van der Waals surface area contributed by atoms with Gasteiger partial charge in [-0.05, 0) is 50.3 Å². The summed E-state index contributed by atoms with van der Waals surface area (Å²) in [7, 11) is -3.45. The normalized spacial score (nSPS) is 22.3. The van der Waals surface area contributed by atoms with Crippen molar-refractivity contribution in [3.63, 3.8) is 0 Å². The van der Waals surface area contributed by atoms with Crippen LogP contribution < -0.4 is 5.32 Å². The Morgan fingerprint density at radius 2 is 1.79 bits per heavy atom. The summed E-state index contributed by atoms with van der Waals surface area (Å²) in [5, 5.41) is 2.62. The Labute approximate surface area is 172 Å². The third kappa shape index (κ3) is 5.87. The SMILES string of the molecule is C[C@@H]1CN(S(=O)(=O)CCNC(=O)CCC(=O)c2ccc3c(c2)CCC3)C[C@H](C)O1. The third-order valence-corrected chi connectivity index (χ3v) is 7.27. The molecule has 1 aromatic carbocycles. The molecule has 0 unspecified atom stereocenters. The van der Waals surface area contributed by atoms with Gasteiger partial charge in [0.1, 0.15) is 0 Å². The third-order valence-electron chi connectivity index (χ3n) is 5.46. The van der Waals surface area contributed by atoms with Gasteiger partial charge in [0.15, 0.2) is 5.78 Å². The Balaban J connectivity index is 1.41. The number of aryl methyl sites for hydroxylation is 2. The molecule has 7 nitrogen and oxygen atoms in total. The number of nitrogens with zero attached hydrogens (tertiary/aromatic N) is 1. The zero-order valence-corrected chi connectivity index (χ0v) is 18.0. The number of morpholine rings is 1. The quantitative estimate of drug-likeness (QED) is 0.644. The van der Waals surface area contributed by atoms with Gasteiger partial charge in [0, 0.05) is 38.0 Å². The van der Waals surface area contributed by atoms with E-state index in [1.807, 2.05) is 32.0 Å². The van der Waals surface area contributed by atoms with E-state index in [1.54, 1.807) is 0 Å². The number of ketones is 1. The number of carbonyl (C=O) groups excluding carboxylic acids is 2. The minimum Gasteiger partial charge on any atom is -0.373 e. The average Bonchev–Trinajstić information content (AvgIpc) is 3.13. The van der Waals surface area contributed by atoms with E-state index in [4.69, 9.17) is 4.74 Å². The molecule has 2 atom stereocenters. The van der Waals surface area contributed by atoms with Crippen LogP contribution in [0.4, 0.5) is 0 Å². The van der Waals surface area contributed by atoms with E-state index in [2.05, 4.69) is 5.32 Å². The number of benzene rings is 1. The van der Waals surface area contributed by atoms with E-state index in [1.165, 1.54) is 15.4 Å². The maximum Gasteiger partial charge on any atom is 0.220 e. The van der Waals surface area contributed by atoms with Crippen molar-refractivity contribution in [1.82, 2.24) is 9.62 Å². The second kappa shape index (κ2) is 9.36. The van der Waals surface area contributed by atoms with E-state index in [9.17, 15) is 18.0 Å². The minimum absolute atomic E-state index is 0.0360. The van der Waals surface area contributed by atoms with Gasteiger partial charge in [0.25, 0.3) is 0 Å². The van der Waals surface area contributed by atoms with Gasteiger partial charge in [-0.3, -0.25) is 9.59 Å². The van der Waals surface area contributed by atoms with E-state index in [0.717, 1.165) is 19.3 Å². The summed E-state index contributed by atoms with van der Waals surface area (Å²) in [6.07, 6.45) is 3.09. The molecule has 8 heteroatoms. The lowest BCUT2D eigenvalue weighted by molar-refractivity contribution is -0.120. The molecule has 1 heterocycles. The lowest BCUT2D eigenvalue weighted by atomic mass is 10.0. The van der Waals surface area contributed by atoms with E-state index in [-0.39, 0.29) is 49.0 Å². The predicted molar refractivity (Wildman–Crippen MR) is 110 cm³/mol. The molecule has 3 rings (SSSR count). The molecule has 1 aliphatic heterocycles. The Morgan fingerprint density at radius 3 is 2.52 bits per heavy atom. The molecule has 0 aromatic heterocycles. The van der Waals surface area contributed by atoms with E-state index >= 15 is 0 Å². The fourth-order valence-electron chi connectivity index (χ4n) is 4.01. The number of ether oxygens (including phenoxy) is 1. The fourth-order valence-corrected chi connectivity index (χ4v) is 5.50. The lowest BCUT2D eigenvalue weighted by Gasteiger charge is -2.34. The molecule has 0 spiro atoms. The van der Waals surface area contributed by atoms with Crippen molar-refractivity contribution in [2.24, 2.45) is 0 Å². The van der Waals surface area contributed by atoms with Crippen LogP contribution in [0.5, 0.6) is 0 Å². The highest BCUT2D eigenvalue weighted by atomic mass is 32.2. The van der Waals surface area contributed by atoms with Crippen molar-refractivity contribution >= 4 is 21.7 Å². The maximum atomic E-state index is 12.5. The van der Waals surface area contributed by atoms with Crippen LogP contribution in [0.15, 0.2) is 18.2 Å². The fraction of sp³-hybridized carbons (Fsp3) is 0.619. The molecule has 0 radical (unpaired) electrons. The Kier molecular flexibility index (Phi) is 7.08. The summed E-state index contributed by atoms with van der Waals surface area (Å²) in [5.41, 5.74) is 3.19. The van der Waals surface area contributed by atoms with Crippen LogP contribution in [-0.4, -0.2) is 62.0 Å². The number of nitrogens with one attached hydrogen (secondary N) is 1. The van der Waals surface area contributed by atoms with Gasteiger partial charge in [-0.1, -0.05) is 12.1 Å². The first-order chi connectivity index (χ1) is 13.7. The van der Waals surface area contributed by atoms with Crippen molar-refractivity contribution in [2.75, 3.05) is 25.4 Å². The highest BCUT2D eigenvalue weighted by molar-refractivity contribution is 7.89. The molecule has 1 saturated heterocycles. The van der Waals surface area contributed by atoms with Crippen molar-refractivity contribution < 1.29 is 22.7 Å². The van der Waals surface area contributed by atoms with Gasteiger partial charge in [0.05, 0.1) is 18.0 Å². The first-order valence-corrected chi connectivity index (χ1v) is 11.9. The summed E-state index contributed by atoms with van der Waals surface area (Å²) >= 11 is 0. The van der Waals surface area contributed by atoms with Crippen LogP contribution in [0.3, 0.4) is 0 Å². The van der Waals surface area contributed by atoms with Crippen LogP contribution in [0.2, 0.25) is 0 Å². The number of hydrogen-bond acceptors (Lipinski definition) is 5. The number of hydrogen-bond donors (Lipinski definition) is 1. The average molecular weight is 423 g/mol. The van der Waals surface area contributed by atoms with Crippen LogP contribution in [-0.2, 0) is 32.4 Å². The van der Waals surface area contributed by atoms with E-state index < -0.39 is 10.0 Å². The van der Waals surface area contributed by atoms with Crippen molar-refractivity contribution in [3.05, 3.63) is 34.9 Å². The number of sulfonamides is 1. The molecule has 0 saturated carbocycles. The summed E-state index contributed by atoms with van der Waals surface area (Å²) in [6, 6.07) is 5.79. The number of fused-ring (bicyclic) bond motifs is 1. The zero-order chi connectivity index (χ0) is 21.0. The molecule has 1 aromatic rings. The standard InChI is InChI=1S/C21H30N2O5S/c1-15-13-23(14-16(2)28-15)29(26,27)11-10-22-21(25)9-8-20(24)19-7-6-17-4-3-5-18(17)12-19/h6-7,12,15-16H,3-5,8-11,13-14H2,1-2H3,(H,22,25)/t15-,16+. The molecule has 0 bridgehead atoms. The van der Waals surface area contributed by atoms with Gasteiger partial charge in [-0.2, -0.15) is 4.31 Å². The minimum atomic E-state index is -3.45. The molecule has 29 heavy (non-hydrogen) atoms. The van der Waals surface area contributed by atoms with Crippen LogP contribution in [0.1, 0.15) is 54.6 Å². The molecule has 1 N–H and O–H groups in total. The van der Waals surface area contributed by atoms with E-state index in [0.29, 0.717) is 18.7 Å². The highest BCUT2D eigenvalue weighted by Gasteiger charge is 2.30. The zero-order valence-electron chi connectivity index (χ0n) is 17.1.